The van der Waals surface area contributed by atoms with Gasteiger partial charge in [-0.2, -0.15) is 0 Å². The second kappa shape index (κ2) is 9.41. The van der Waals surface area contributed by atoms with Crippen molar-refractivity contribution in [3.05, 3.63) is 94.5 Å². The molecule has 6 heteroatoms. The summed E-state index contributed by atoms with van der Waals surface area (Å²) in [5.74, 6) is 0.142. The summed E-state index contributed by atoms with van der Waals surface area (Å²) < 4.78 is 5.22. The van der Waals surface area contributed by atoms with Gasteiger partial charge in [0.15, 0.2) is 0 Å². The van der Waals surface area contributed by atoms with Crippen molar-refractivity contribution >= 4 is 18.5 Å². The zero-order valence-electron chi connectivity index (χ0n) is 19.4. The molecule has 176 valence electrons. The lowest BCUT2D eigenvalue weighted by atomic mass is 9.87. The Kier molecular flexibility index (Phi) is 6.34. The van der Waals surface area contributed by atoms with Crippen LogP contribution in [0.25, 0.3) is 11.1 Å². The van der Waals surface area contributed by atoms with Crippen molar-refractivity contribution in [2.24, 2.45) is 0 Å². The van der Waals surface area contributed by atoms with Crippen LogP contribution in [0.3, 0.4) is 0 Å². The molecule has 0 spiro atoms. The van der Waals surface area contributed by atoms with Crippen LogP contribution in [0.4, 0.5) is 4.79 Å². The predicted molar refractivity (Wildman–Crippen MR) is 136 cm³/mol. The molecule has 1 N–H and O–H groups in total. The van der Waals surface area contributed by atoms with Crippen molar-refractivity contribution in [1.82, 2.24) is 15.1 Å². The average molecular weight is 476 g/mol. The van der Waals surface area contributed by atoms with Crippen molar-refractivity contribution in [2.45, 2.75) is 31.6 Å². The standard InChI is InChI=1S/C28H29N3O2.ClH/c1-33-28(32)31-13-12-30(17-19-10-11-20-15-29-16-21(20)14-19)18-26(31)27-24-8-4-2-6-22(24)23-7-3-5-9-25(23)27;/h2-11,14,26-27,29H,12-13,15-18H2,1H3;1H. The van der Waals surface area contributed by atoms with Gasteiger partial charge >= 0.3 is 6.09 Å². The maximum Gasteiger partial charge on any atom is 0.409 e. The fraction of sp³-hybridized carbons (Fsp3) is 0.321. The average Bonchev–Trinajstić information content (AvgIpc) is 3.45. The Balaban J connectivity index is 0.00000241. The number of piperazine rings is 1. The lowest BCUT2D eigenvalue weighted by Crippen LogP contribution is -2.57. The molecule has 2 heterocycles. The maximum atomic E-state index is 12.8. The number of nitrogens with one attached hydrogen (secondary N) is 1. The smallest absolute Gasteiger partial charge is 0.409 e. The van der Waals surface area contributed by atoms with E-state index >= 15 is 0 Å². The largest absolute Gasteiger partial charge is 0.453 e. The van der Waals surface area contributed by atoms with Gasteiger partial charge in [0.1, 0.15) is 0 Å². The van der Waals surface area contributed by atoms with Crippen LogP contribution in [-0.4, -0.2) is 48.7 Å². The highest BCUT2D eigenvalue weighted by molar-refractivity contribution is 5.85. The number of hydrogen-bond donors (Lipinski definition) is 1. The summed E-state index contributed by atoms with van der Waals surface area (Å²) in [6, 6.07) is 24.2. The van der Waals surface area contributed by atoms with E-state index in [0.29, 0.717) is 6.54 Å². The molecule has 1 atom stereocenters. The molecule has 1 unspecified atom stereocenters. The van der Waals surface area contributed by atoms with Crippen LogP contribution in [0, 0.1) is 0 Å². The molecule has 0 aromatic heterocycles. The van der Waals surface area contributed by atoms with Crippen LogP contribution < -0.4 is 5.32 Å². The first-order valence-electron chi connectivity index (χ1n) is 11.8. The summed E-state index contributed by atoms with van der Waals surface area (Å²) >= 11 is 0. The highest BCUT2D eigenvalue weighted by Gasteiger charge is 2.42. The molecule has 1 fully saturated rings. The first kappa shape index (κ1) is 22.9. The Morgan fingerprint density at radius 1 is 0.941 bits per heavy atom. The molecule has 3 aliphatic rings. The number of nitrogens with zero attached hydrogens (tertiary/aromatic N) is 2. The molecule has 34 heavy (non-hydrogen) atoms. The third-order valence-corrected chi connectivity index (χ3v) is 7.49. The number of halogens is 1. The van der Waals surface area contributed by atoms with Gasteiger partial charge in [-0.15, -0.1) is 12.4 Å². The Hall–Kier alpha value is -2.86. The van der Waals surface area contributed by atoms with E-state index in [-0.39, 0.29) is 30.5 Å². The minimum atomic E-state index is -0.231. The maximum absolute atomic E-state index is 12.8. The molecule has 1 amide bonds. The SMILES string of the molecule is COC(=O)N1CCN(Cc2ccc3c(c2)CNC3)CC1C1c2ccccc2-c2ccccc21.Cl. The van der Waals surface area contributed by atoms with Gasteiger partial charge in [0.05, 0.1) is 13.2 Å². The molecule has 3 aromatic carbocycles. The van der Waals surface area contributed by atoms with Gasteiger partial charge in [0.2, 0.25) is 0 Å². The van der Waals surface area contributed by atoms with E-state index in [2.05, 4.69) is 76.9 Å². The van der Waals surface area contributed by atoms with Gasteiger partial charge in [0, 0.05) is 45.2 Å². The van der Waals surface area contributed by atoms with Gasteiger partial charge < -0.3 is 15.0 Å². The van der Waals surface area contributed by atoms with E-state index in [1.807, 2.05) is 4.90 Å². The summed E-state index contributed by atoms with van der Waals surface area (Å²) in [5, 5.41) is 3.43. The molecule has 1 saturated heterocycles. The summed E-state index contributed by atoms with van der Waals surface area (Å²) in [4.78, 5) is 17.3. The van der Waals surface area contributed by atoms with Crippen LogP contribution in [0.15, 0.2) is 66.7 Å². The van der Waals surface area contributed by atoms with E-state index in [0.717, 1.165) is 32.7 Å². The summed E-state index contributed by atoms with van der Waals surface area (Å²) in [6.45, 7) is 5.15. The van der Waals surface area contributed by atoms with Crippen LogP contribution in [0.1, 0.15) is 33.7 Å². The third-order valence-electron chi connectivity index (χ3n) is 7.49. The van der Waals surface area contributed by atoms with Gasteiger partial charge in [-0.05, 0) is 38.9 Å². The van der Waals surface area contributed by atoms with Crippen LogP contribution in [-0.2, 0) is 24.4 Å². The number of carbonyl (C=O) groups excluding carboxylic acids is 1. The summed E-state index contributed by atoms with van der Waals surface area (Å²) in [6.07, 6.45) is -0.231. The second-order valence-electron chi connectivity index (χ2n) is 9.32. The van der Waals surface area contributed by atoms with E-state index in [1.165, 1.54) is 46.1 Å². The number of carbonyl (C=O) groups is 1. The fourth-order valence-electron chi connectivity index (χ4n) is 5.96. The van der Waals surface area contributed by atoms with Crippen LogP contribution in [0.5, 0.6) is 0 Å². The van der Waals surface area contributed by atoms with Crippen molar-refractivity contribution in [1.29, 1.82) is 0 Å². The second-order valence-corrected chi connectivity index (χ2v) is 9.32. The quantitative estimate of drug-likeness (QED) is 0.592. The fourth-order valence-corrected chi connectivity index (χ4v) is 5.96. The van der Waals surface area contributed by atoms with Gasteiger partial charge in [-0.1, -0.05) is 66.7 Å². The lowest BCUT2D eigenvalue weighted by Gasteiger charge is -2.43. The summed E-state index contributed by atoms with van der Waals surface area (Å²) in [7, 11) is 1.49. The normalized spacial score (nSPS) is 19.2. The van der Waals surface area contributed by atoms with E-state index in [1.54, 1.807) is 0 Å². The zero-order chi connectivity index (χ0) is 22.4. The minimum Gasteiger partial charge on any atom is -0.453 e. The topological polar surface area (TPSA) is 44.8 Å². The molecule has 3 aromatic rings. The van der Waals surface area contributed by atoms with E-state index in [9.17, 15) is 4.79 Å². The van der Waals surface area contributed by atoms with Gasteiger partial charge in [-0.3, -0.25) is 4.90 Å². The molecular weight excluding hydrogens is 446 g/mol. The number of amides is 1. The third kappa shape index (κ3) is 3.88. The molecule has 1 aliphatic carbocycles. The Morgan fingerprint density at radius 3 is 2.32 bits per heavy atom. The number of hydrogen-bond acceptors (Lipinski definition) is 4. The first-order chi connectivity index (χ1) is 16.2. The van der Waals surface area contributed by atoms with Crippen LogP contribution >= 0.6 is 12.4 Å². The van der Waals surface area contributed by atoms with Crippen LogP contribution in [0.2, 0.25) is 0 Å². The molecule has 5 nitrogen and oxygen atoms in total. The molecular formula is C28H30ClN3O2. The Labute approximate surface area is 207 Å². The molecule has 2 aliphatic heterocycles. The molecule has 0 saturated carbocycles. The number of ether oxygens (including phenoxy) is 1. The lowest BCUT2D eigenvalue weighted by molar-refractivity contribution is 0.0491. The number of rotatable bonds is 3. The van der Waals surface area contributed by atoms with E-state index in [4.69, 9.17) is 4.74 Å². The van der Waals surface area contributed by atoms with Crippen molar-refractivity contribution < 1.29 is 9.53 Å². The minimum absolute atomic E-state index is 0. The molecule has 6 rings (SSSR count). The van der Waals surface area contributed by atoms with Crippen molar-refractivity contribution in [3.63, 3.8) is 0 Å². The van der Waals surface area contributed by atoms with E-state index < -0.39 is 0 Å². The Morgan fingerprint density at radius 2 is 1.62 bits per heavy atom. The number of methoxy groups -OCH3 is 1. The van der Waals surface area contributed by atoms with Gasteiger partial charge in [-0.25, -0.2) is 4.79 Å². The van der Waals surface area contributed by atoms with Gasteiger partial charge in [0.25, 0.3) is 0 Å². The number of fused-ring (bicyclic) bond motifs is 4. The highest BCUT2D eigenvalue weighted by Crippen LogP contribution is 2.47. The Bertz CT molecular complexity index is 1170. The highest BCUT2D eigenvalue weighted by atomic mass is 35.5. The monoisotopic (exact) mass is 475 g/mol. The predicted octanol–water partition coefficient (Wildman–Crippen LogP) is 4.78. The number of benzene rings is 3. The summed E-state index contributed by atoms with van der Waals surface area (Å²) in [5.41, 5.74) is 9.35. The zero-order valence-corrected chi connectivity index (χ0v) is 20.2. The molecule has 0 radical (unpaired) electrons. The molecule has 0 bridgehead atoms. The van der Waals surface area contributed by atoms with Crippen molar-refractivity contribution in [2.75, 3.05) is 26.7 Å². The first-order valence-corrected chi connectivity index (χ1v) is 11.8. The van der Waals surface area contributed by atoms with Crippen molar-refractivity contribution in [3.8, 4) is 11.1 Å².